The molecule has 2 aliphatic heterocycles. The molecule has 2 bridgehead atoms. The molecule has 1 unspecified atom stereocenters. The largest absolute Gasteiger partial charge is 0.494 e. The number of carbonyl (C=O) groups is 1. The highest BCUT2D eigenvalue weighted by atomic mass is 32.2. The molecule has 0 radical (unpaired) electrons. The Morgan fingerprint density at radius 1 is 1.52 bits per heavy atom. The molecule has 4 heterocycles. The van der Waals surface area contributed by atoms with Crippen molar-refractivity contribution < 1.29 is 13.7 Å². The molecule has 110 valence electrons. The third kappa shape index (κ3) is 1.80. The summed E-state index contributed by atoms with van der Waals surface area (Å²) >= 11 is 0. The van der Waals surface area contributed by atoms with Gasteiger partial charge in [0, 0.05) is 35.3 Å². The van der Waals surface area contributed by atoms with E-state index < -0.39 is 10.8 Å². The minimum Gasteiger partial charge on any atom is -0.494 e. The first-order chi connectivity index (χ1) is 10.2. The molecule has 21 heavy (non-hydrogen) atoms. The molecular weight excluding hydrogens is 290 g/mol. The van der Waals surface area contributed by atoms with Gasteiger partial charge in [0.1, 0.15) is 11.3 Å². The van der Waals surface area contributed by atoms with E-state index in [1.54, 1.807) is 24.0 Å². The summed E-state index contributed by atoms with van der Waals surface area (Å²) in [5.41, 5.74) is 1.24. The van der Waals surface area contributed by atoms with Crippen molar-refractivity contribution in [3.63, 3.8) is 0 Å². The van der Waals surface area contributed by atoms with Gasteiger partial charge in [0.25, 0.3) is 5.91 Å². The van der Waals surface area contributed by atoms with Crippen LogP contribution in [0.1, 0.15) is 16.8 Å². The Bertz CT molecular complexity index is 757. The molecule has 1 amide bonds. The monoisotopic (exact) mass is 305 g/mol. The molecule has 0 spiro atoms. The number of pyridine rings is 1. The van der Waals surface area contributed by atoms with Crippen LogP contribution in [-0.4, -0.2) is 55.3 Å². The van der Waals surface area contributed by atoms with Crippen LogP contribution in [0.3, 0.4) is 0 Å². The highest BCUT2D eigenvalue weighted by Crippen LogP contribution is 2.33. The van der Waals surface area contributed by atoms with E-state index in [1.165, 1.54) is 0 Å². The molecule has 2 aliphatic rings. The topological polar surface area (TPSA) is 63.9 Å². The molecular formula is C14H15N3O3S. The summed E-state index contributed by atoms with van der Waals surface area (Å²) in [4.78, 5) is 14.6. The number of rotatable bonds is 2. The van der Waals surface area contributed by atoms with Gasteiger partial charge in [-0.15, -0.1) is 0 Å². The van der Waals surface area contributed by atoms with Crippen LogP contribution >= 0.6 is 0 Å². The molecule has 7 heteroatoms. The zero-order chi connectivity index (χ0) is 14.6. The van der Waals surface area contributed by atoms with E-state index in [1.807, 2.05) is 17.0 Å². The number of ether oxygens (including phenoxy) is 1. The van der Waals surface area contributed by atoms with Crippen LogP contribution in [-0.2, 0) is 10.8 Å². The lowest BCUT2D eigenvalue weighted by atomic mass is 10.2. The summed E-state index contributed by atoms with van der Waals surface area (Å²) < 4.78 is 18.7. The minimum atomic E-state index is -0.767. The van der Waals surface area contributed by atoms with Gasteiger partial charge in [0.15, 0.2) is 0 Å². The second-order valence-corrected chi connectivity index (χ2v) is 7.21. The van der Waals surface area contributed by atoms with Crippen molar-refractivity contribution in [2.75, 3.05) is 19.4 Å². The fourth-order valence-corrected chi connectivity index (χ4v) is 5.02. The Morgan fingerprint density at radius 2 is 2.38 bits per heavy atom. The molecule has 2 fully saturated rings. The lowest BCUT2D eigenvalue weighted by molar-refractivity contribution is 0.0748. The van der Waals surface area contributed by atoms with Gasteiger partial charge in [0.05, 0.1) is 24.1 Å². The maximum Gasteiger partial charge on any atom is 0.258 e. The van der Waals surface area contributed by atoms with Crippen LogP contribution in [0.5, 0.6) is 5.75 Å². The van der Waals surface area contributed by atoms with Gasteiger partial charge in [-0.05, 0) is 18.6 Å². The van der Waals surface area contributed by atoms with E-state index in [4.69, 9.17) is 4.74 Å². The fourth-order valence-electron chi connectivity index (χ4n) is 3.28. The number of hydrogen-bond acceptors (Lipinski definition) is 4. The molecule has 3 atom stereocenters. The second kappa shape index (κ2) is 4.56. The van der Waals surface area contributed by atoms with E-state index in [-0.39, 0.29) is 17.2 Å². The number of amides is 1. The zero-order valence-electron chi connectivity index (χ0n) is 11.6. The van der Waals surface area contributed by atoms with Crippen molar-refractivity contribution in [3.8, 4) is 5.75 Å². The first-order valence-electron chi connectivity index (χ1n) is 6.87. The Kier molecular flexibility index (Phi) is 2.78. The van der Waals surface area contributed by atoms with Gasteiger partial charge in [0.2, 0.25) is 0 Å². The van der Waals surface area contributed by atoms with Gasteiger partial charge in [-0.1, -0.05) is 0 Å². The lowest BCUT2D eigenvalue weighted by Crippen LogP contribution is -2.42. The van der Waals surface area contributed by atoms with Crippen LogP contribution in [0.4, 0.5) is 0 Å². The standard InChI is InChI=1S/C14H15N3O3S/c1-20-12-3-2-4-17-13(12)11(6-15-17)14(18)16-7-10-5-9(16)8-21(10)19/h2-4,6,9-10H,5,7-8H2,1H3/t9-,10-,21?/m0/s1. The zero-order valence-corrected chi connectivity index (χ0v) is 12.4. The molecule has 2 saturated heterocycles. The third-order valence-electron chi connectivity index (χ3n) is 4.32. The lowest BCUT2D eigenvalue weighted by Gasteiger charge is -2.26. The number of likely N-dealkylation sites (tertiary alicyclic amines) is 1. The molecule has 4 rings (SSSR count). The number of methoxy groups -OCH3 is 1. The Labute approximate surface area is 124 Å². The molecule has 0 aromatic carbocycles. The summed E-state index contributed by atoms with van der Waals surface area (Å²) in [7, 11) is 0.813. The maximum atomic E-state index is 12.8. The minimum absolute atomic E-state index is 0.0429. The molecule has 0 N–H and O–H groups in total. The highest BCUT2D eigenvalue weighted by Gasteiger charge is 2.45. The summed E-state index contributed by atoms with van der Waals surface area (Å²) in [6.07, 6.45) is 4.23. The Morgan fingerprint density at radius 3 is 3.05 bits per heavy atom. The van der Waals surface area contributed by atoms with Gasteiger partial charge < -0.3 is 9.64 Å². The first-order valence-corrected chi connectivity index (χ1v) is 8.25. The van der Waals surface area contributed by atoms with Crippen LogP contribution in [0.15, 0.2) is 24.5 Å². The van der Waals surface area contributed by atoms with E-state index >= 15 is 0 Å². The van der Waals surface area contributed by atoms with Crippen molar-refractivity contribution in [2.45, 2.75) is 17.7 Å². The number of nitrogens with zero attached hydrogens (tertiary/aromatic N) is 3. The van der Waals surface area contributed by atoms with Gasteiger partial charge in [-0.2, -0.15) is 5.10 Å². The average molecular weight is 305 g/mol. The van der Waals surface area contributed by atoms with Crippen LogP contribution < -0.4 is 4.74 Å². The second-order valence-electron chi connectivity index (χ2n) is 5.44. The number of carbonyl (C=O) groups excluding carboxylic acids is 1. The normalized spacial score (nSPS) is 27.5. The number of aromatic nitrogens is 2. The molecule has 6 nitrogen and oxygen atoms in total. The van der Waals surface area contributed by atoms with Crippen molar-refractivity contribution in [1.82, 2.24) is 14.5 Å². The summed E-state index contributed by atoms with van der Waals surface area (Å²) in [6, 6.07) is 3.75. The van der Waals surface area contributed by atoms with Crippen molar-refractivity contribution >= 4 is 22.2 Å². The summed E-state index contributed by atoms with van der Waals surface area (Å²) in [6.45, 7) is 0.586. The summed E-state index contributed by atoms with van der Waals surface area (Å²) in [5.74, 6) is 1.19. The third-order valence-corrected chi connectivity index (χ3v) is 6.12. The van der Waals surface area contributed by atoms with Crippen LogP contribution in [0, 0.1) is 0 Å². The van der Waals surface area contributed by atoms with E-state index in [9.17, 15) is 9.00 Å². The SMILES string of the molecule is COc1cccn2ncc(C(=O)N3C[C@@H]4C[C@H]3CS4=O)c12. The van der Waals surface area contributed by atoms with Crippen molar-refractivity contribution in [3.05, 3.63) is 30.1 Å². The fraction of sp³-hybridized carbons (Fsp3) is 0.429. The first kappa shape index (κ1) is 12.8. The Balaban J connectivity index is 1.74. The molecule has 2 aromatic heterocycles. The quantitative estimate of drug-likeness (QED) is 0.819. The van der Waals surface area contributed by atoms with Gasteiger partial charge in [-0.25, -0.2) is 4.52 Å². The molecule has 2 aromatic rings. The molecule has 0 aliphatic carbocycles. The number of hydrogen-bond donors (Lipinski definition) is 0. The number of fused-ring (bicyclic) bond motifs is 3. The Hall–Kier alpha value is -1.89. The summed E-state index contributed by atoms with van der Waals surface area (Å²) in [5, 5.41) is 4.37. The van der Waals surface area contributed by atoms with E-state index in [2.05, 4.69) is 5.10 Å². The predicted octanol–water partition coefficient (Wildman–Crippen LogP) is 0.688. The molecule has 0 saturated carbocycles. The predicted molar refractivity (Wildman–Crippen MR) is 78.0 cm³/mol. The van der Waals surface area contributed by atoms with Crippen molar-refractivity contribution in [2.24, 2.45) is 0 Å². The van der Waals surface area contributed by atoms with Crippen molar-refractivity contribution in [1.29, 1.82) is 0 Å². The van der Waals surface area contributed by atoms with Crippen LogP contribution in [0.2, 0.25) is 0 Å². The van der Waals surface area contributed by atoms with Gasteiger partial charge in [-0.3, -0.25) is 9.00 Å². The maximum absolute atomic E-state index is 12.8. The van der Waals surface area contributed by atoms with E-state index in [0.717, 1.165) is 6.42 Å². The smallest absolute Gasteiger partial charge is 0.258 e. The highest BCUT2D eigenvalue weighted by molar-refractivity contribution is 7.86. The van der Waals surface area contributed by atoms with Crippen LogP contribution in [0.25, 0.3) is 5.52 Å². The van der Waals surface area contributed by atoms with Gasteiger partial charge >= 0.3 is 0 Å². The van der Waals surface area contributed by atoms with E-state index in [0.29, 0.717) is 29.1 Å². The average Bonchev–Trinajstić information content (AvgIpc) is 3.18.